The third kappa shape index (κ3) is 4.47. The number of anilines is 1. The van der Waals surface area contributed by atoms with Crippen LogP contribution in [0.15, 0.2) is 88.0 Å². The summed E-state index contributed by atoms with van der Waals surface area (Å²) in [7, 11) is -2.57. The van der Waals surface area contributed by atoms with Crippen LogP contribution in [0.1, 0.15) is 4.88 Å². The predicted molar refractivity (Wildman–Crippen MR) is 140 cm³/mol. The number of pyridine rings is 1. The Bertz CT molecular complexity index is 1720. The molecule has 2 aromatic carbocycles. The minimum atomic E-state index is -3.93. The molecule has 3 heterocycles. The van der Waals surface area contributed by atoms with E-state index in [1.165, 1.54) is 35.3 Å². The molecule has 11 heteroatoms. The van der Waals surface area contributed by atoms with Crippen LogP contribution in [0.4, 0.5) is 5.95 Å². The monoisotopic (exact) mass is 519 g/mol. The van der Waals surface area contributed by atoms with Crippen LogP contribution in [-0.4, -0.2) is 30.1 Å². The van der Waals surface area contributed by atoms with Gasteiger partial charge in [0.05, 0.1) is 23.7 Å². The van der Waals surface area contributed by atoms with Gasteiger partial charge in [0.2, 0.25) is 21.9 Å². The zero-order chi connectivity index (χ0) is 25.3. The van der Waals surface area contributed by atoms with Gasteiger partial charge in [0.25, 0.3) is 5.56 Å². The van der Waals surface area contributed by atoms with Crippen LogP contribution in [0.5, 0.6) is 5.88 Å². The highest BCUT2D eigenvalue weighted by Crippen LogP contribution is 2.29. The molecule has 0 radical (unpaired) electrons. The Morgan fingerprint density at radius 2 is 1.86 bits per heavy atom. The molecule has 0 aliphatic heterocycles. The number of hydrogen-bond donors (Lipinski definition) is 2. The highest BCUT2D eigenvalue weighted by molar-refractivity contribution is 7.89. The van der Waals surface area contributed by atoms with Crippen molar-refractivity contribution in [3.05, 3.63) is 93.5 Å². The van der Waals surface area contributed by atoms with Crippen molar-refractivity contribution in [3.8, 4) is 22.7 Å². The first-order valence-corrected chi connectivity index (χ1v) is 13.2. The highest BCUT2D eigenvalue weighted by Gasteiger charge is 2.22. The number of hydrogen-bond acceptors (Lipinski definition) is 8. The van der Waals surface area contributed by atoms with E-state index >= 15 is 0 Å². The summed E-state index contributed by atoms with van der Waals surface area (Å²) in [4.78, 5) is 22.7. The zero-order valence-electron chi connectivity index (χ0n) is 19.1. The van der Waals surface area contributed by atoms with Crippen LogP contribution in [0.2, 0.25) is 0 Å². The van der Waals surface area contributed by atoms with E-state index in [4.69, 9.17) is 10.5 Å². The summed E-state index contributed by atoms with van der Waals surface area (Å²) in [5, 5.41) is 2.21. The molecule has 0 bridgehead atoms. The van der Waals surface area contributed by atoms with Gasteiger partial charge < -0.3 is 10.5 Å². The van der Waals surface area contributed by atoms with Crippen molar-refractivity contribution in [2.45, 2.75) is 11.4 Å². The minimum absolute atomic E-state index is 0.0286. The van der Waals surface area contributed by atoms with E-state index in [1.807, 2.05) is 23.6 Å². The summed E-state index contributed by atoms with van der Waals surface area (Å²) in [6.07, 6.45) is 1.50. The highest BCUT2D eigenvalue weighted by atomic mass is 32.2. The van der Waals surface area contributed by atoms with Crippen LogP contribution in [0.3, 0.4) is 0 Å². The topological polar surface area (TPSA) is 129 Å². The van der Waals surface area contributed by atoms with Gasteiger partial charge in [0.1, 0.15) is 4.90 Å². The summed E-state index contributed by atoms with van der Waals surface area (Å²) < 4.78 is 35.3. The average Bonchev–Trinajstić information content (AvgIpc) is 3.42. The predicted octanol–water partition coefficient (Wildman–Crippen LogP) is 3.58. The first-order valence-electron chi connectivity index (χ1n) is 10.8. The van der Waals surface area contributed by atoms with Crippen molar-refractivity contribution < 1.29 is 13.2 Å². The number of methoxy groups -OCH3 is 1. The zero-order valence-corrected chi connectivity index (χ0v) is 20.7. The first kappa shape index (κ1) is 23.7. The number of thiophene rings is 1. The second-order valence-corrected chi connectivity index (χ2v) is 10.6. The van der Waals surface area contributed by atoms with E-state index in [2.05, 4.69) is 14.7 Å². The van der Waals surface area contributed by atoms with Crippen molar-refractivity contribution in [1.29, 1.82) is 0 Å². The van der Waals surface area contributed by atoms with Crippen molar-refractivity contribution in [1.82, 2.24) is 19.3 Å². The molecule has 9 nitrogen and oxygen atoms in total. The number of fused-ring (bicyclic) bond motifs is 1. The molecule has 5 rings (SSSR count). The standard InChI is InChI=1S/C25H21N5O4S2/c1-34-23-22(36(32,33)28-15-19-8-5-11-35-19)13-17(14-27-23)16-9-10-21-20(12-16)24(31)30(25(26)29-21)18-6-3-2-4-7-18/h2-14,28H,15H2,1H3,(H2,26,29). The number of nitrogen functional groups attached to an aromatic ring is 1. The Balaban J connectivity index is 1.59. The Morgan fingerprint density at radius 1 is 1.06 bits per heavy atom. The largest absolute Gasteiger partial charge is 0.480 e. The number of para-hydroxylation sites is 1. The molecule has 0 saturated carbocycles. The Kier molecular flexibility index (Phi) is 6.27. The third-order valence-electron chi connectivity index (χ3n) is 5.56. The summed E-state index contributed by atoms with van der Waals surface area (Å²) in [5.74, 6) is 0.0434. The van der Waals surface area contributed by atoms with Crippen LogP contribution in [0.25, 0.3) is 27.7 Å². The normalized spacial score (nSPS) is 11.6. The molecular formula is C25H21N5O4S2. The van der Waals surface area contributed by atoms with Gasteiger partial charge >= 0.3 is 0 Å². The summed E-state index contributed by atoms with van der Waals surface area (Å²) in [6.45, 7) is 0.148. The molecule has 0 unspecified atom stereocenters. The first-order chi connectivity index (χ1) is 17.4. The number of rotatable bonds is 7. The van der Waals surface area contributed by atoms with E-state index in [1.54, 1.807) is 42.5 Å². The molecule has 0 amide bonds. The number of sulfonamides is 1. The fourth-order valence-electron chi connectivity index (χ4n) is 3.80. The molecule has 5 aromatic rings. The number of ether oxygens (including phenoxy) is 1. The lowest BCUT2D eigenvalue weighted by Crippen LogP contribution is -2.23. The lowest BCUT2D eigenvalue weighted by atomic mass is 10.1. The number of nitrogens with zero attached hydrogens (tertiary/aromatic N) is 3. The van der Waals surface area contributed by atoms with Crippen molar-refractivity contribution in [2.75, 3.05) is 12.8 Å². The van der Waals surface area contributed by atoms with Crippen molar-refractivity contribution in [2.24, 2.45) is 0 Å². The molecule has 0 aliphatic carbocycles. The van der Waals surface area contributed by atoms with Crippen molar-refractivity contribution in [3.63, 3.8) is 0 Å². The molecule has 36 heavy (non-hydrogen) atoms. The lowest BCUT2D eigenvalue weighted by molar-refractivity contribution is 0.385. The maximum atomic E-state index is 13.4. The molecule has 0 saturated heterocycles. The molecule has 0 spiro atoms. The second-order valence-electron chi connectivity index (χ2n) is 7.81. The second kappa shape index (κ2) is 9.53. The Hall–Kier alpha value is -4.06. The SMILES string of the molecule is COc1ncc(-c2ccc3nc(N)n(-c4ccccc4)c(=O)c3c2)cc1S(=O)(=O)NCc1cccs1. The summed E-state index contributed by atoms with van der Waals surface area (Å²) in [5.41, 5.74) is 7.87. The summed E-state index contributed by atoms with van der Waals surface area (Å²) >= 11 is 1.45. The van der Waals surface area contributed by atoms with E-state index in [9.17, 15) is 13.2 Å². The minimum Gasteiger partial charge on any atom is -0.480 e. The van der Waals surface area contributed by atoms with E-state index in [-0.39, 0.29) is 28.8 Å². The number of benzene rings is 2. The molecule has 182 valence electrons. The molecule has 0 atom stereocenters. The van der Waals surface area contributed by atoms with E-state index < -0.39 is 10.0 Å². The van der Waals surface area contributed by atoms with Gasteiger partial charge in [-0.3, -0.25) is 4.79 Å². The van der Waals surface area contributed by atoms with Crippen LogP contribution >= 0.6 is 11.3 Å². The fourth-order valence-corrected chi connectivity index (χ4v) is 5.69. The Labute approximate surface area is 210 Å². The van der Waals surface area contributed by atoms with Crippen LogP contribution in [-0.2, 0) is 16.6 Å². The fraction of sp³-hybridized carbons (Fsp3) is 0.0800. The molecular weight excluding hydrogens is 498 g/mol. The van der Waals surface area contributed by atoms with E-state index in [0.717, 1.165) is 4.88 Å². The average molecular weight is 520 g/mol. The quantitative estimate of drug-likeness (QED) is 0.336. The maximum absolute atomic E-state index is 13.4. The molecule has 3 N–H and O–H groups in total. The van der Waals surface area contributed by atoms with Gasteiger partial charge in [-0.15, -0.1) is 11.3 Å². The molecule has 3 aromatic heterocycles. The van der Waals surface area contributed by atoms with Crippen LogP contribution in [0, 0.1) is 0 Å². The van der Waals surface area contributed by atoms with Crippen LogP contribution < -0.4 is 20.8 Å². The van der Waals surface area contributed by atoms with Gasteiger partial charge in [0, 0.05) is 23.2 Å². The number of nitrogens with two attached hydrogens (primary N) is 1. The van der Waals surface area contributed by atoms with Gasteiger partial charge in [-0.2, -0.15) is 0 Å². The van der Waals surface area contributed by atoms with Gasteiger partial charge in [-0.05, 0) is 47.3 Å². The van der Waals surface area contributed by atoms with Gasteiger partial charge in [-0.25, -0.2) is 27.7 Å². The Morgan fingerprint density at radius 3 is 2.58 bits per heavy atom. The third-order valence-corrected chi connectivity index (χ3v) is 7.83. The lowest BCUT2D eigenvalue weighted by Gasteiger charge is -2.13. The molecule has 0 aliphatic rings. The number of nitrogens with one attached hydrogen (secondary N) is 1. The molecule has 0 fully saturated rings. The number of aromatic nitrogens is 3. The smallest absolute Gasteiger partial charge is 0.267 e. The van der Waals surface area contributed by atoms with Crippen molar-refractivity contribution >= 4 is 38.2 Å². The van der Waals surface area contributed by atoms with Gasteiger partial charge in [-0.1, -0.05) is 30.3 Å². The summed E-state index contributed by atoms with van der Waals surface area (Å²) in [6, 6.07) is 19.2. The maximum Gasteiger partial charge on any atom is 0.267 e. The van der Waals surface area contributed by atoms with E-state index in [0.29, 0.717) is 27.7 Å². The van der Waals surface area contributed by atoms with Gasteiger partial charge in [0.15, 0.2) is 0 Å².